The smallest absolute Gasteiger partial charge is 0.133 e. The van der Waals surface area contributed by atoms with Crippen molar-refractivity contribution in [1.29, 1.82) is 0 Å². The van der Waals surface area contributed by atoms with Crippen molar-refractivity contribution < 1.29 is 4.74 Å². The van der Waals surface area contributed by atoms with Crippen LogP contribution in [-0.4, -0.2) is 6.61 Å². The maximum Gasteiger partial charge on any atom is 0.133 e. The van der Waals surface area contributed by atoms with E-state index in [2.05, 4.69) is 29.1 Å². The lowest BCUT2D eigenvalue weighted by Crippen LogP contribution is -1.90. The molecule has 0 saturated carbocycles. The first-order chi connectivity index (χ1) is 5.76. The van der Waals surface area contributed by atoms with Gasteiger partial charge in [-0.15, -0.1) is 0 Å². The predicted molar refractivity (Wildman–Crippen MR) is 57.1 cm³/mol. The van der Waals surface area contributed by atoms with Gasteiger partial charge >= 0.3 is 0 Å². The molecule has 12 heavy (non-hydrogen) atoms. The highest BCUT2D eigenvalue weighted by Crippen LogP contribution is 2.15. The number of ether oxygens (including phenoxy) is 1. The molecule has 0 saturated heterocycles. The third kappa shape index (κ3) is 4.19. The van der Waals surface area contributed by atoms with E-state index in [9.17, 15) is 0 Å². The molecule has 0 heterocycles. The Morgan fingerprint density at radius 2 is 2.17 bits per heavy atom. The molecule has 0 radical (unpaired) electrons. The molecule has 0 aromatic heterocycles. The van der Waals surface area contributed by atoms with Gasteiger partial charge < -0.3 is 4.74 Å². The Bertz CT molecular complexity index is 214. The summed E-state index contributed by atoms with van der Waals surface area (Å²) < 4.78 is 6.19. The summed E-state index contributed by atoms with van der Waals surface area (Å²) in [4.78, 5) is 0. The van der Waals surface area contributed by atoms with E-state index in [1.807, 2.05) is 19.1 Å². The van der Waals surface area contributed by atoms with Crippen molar-refractivity contribution in [2.75, 3.05) is 6.61 Å². The van der Waals surface area contributed by atoms with Crippen LogP contribution in [0.2, 0.25) is 0 Å². The zero-order valence-electron chi connectivity index (χ0n) is 7.22. The molecule has 0 amide bonds. The van der Waals surface area contributed by atoms with Gasteiger partial charge in [0.05, 0.1) is 4.48 Å². The second-order valence-corrected chi connectivity index (χ2v) is 2.87. The number of halogens is 1. The van der Waals surface area contributed by atoms with Gasteiger partial charge in [-0.2, -0.15) is 0 Å². The monoisotopic (exact) mass is 228 g/mol. The molecule has 0 aromatic carbocycles. The largest absolute Gasteiger partial charge is 0.488 e. The van der Waals surface area contributed by atoms with Crippen LogP contribution in [0.4, 0.5) is 0 Å². The Kier molecular flexibility index (Phi) is 6.48. The van der Waals surface area contributed by atoms with Crippen LogP contribution in [0.15, 0.2) is 47.7 Å². The van der Waals surface area contributed by atoms with Crippen molar-refractivity contribution in [3.8, 4) is 0 Å². The Labute approximate surface area is 82.2 Å². The molecule has 1 nitrogen and oxygen atoms in total. The van der Waals surface area contributed by atoms with Gasteiger partial charge in [0.2, 0.25) is 0 Å². The van der Waals surface area contributed by atoms with Crippen LogP contribution in [0.3, 0.4) is 0 Å². The van der Waals surface area contributed by atoms with E-state index in [1.165, 1.54) is 0 Å². The Morgan fingerprint density at radius 3 is 2.58 bits per heavy atom. The SMILES string of the molecule is C=CCOC(/C=C\C)=C(\Br)C=C. The summed E-state index contributed by atoms with van der Waals surface area (Å²) in [6, 6.07) is 0. The van der Waals surface area contributed by atoms with Gasteiger partial charge in [0.25, 0.3) is 0 Å². The Balaban J connectivity index is 4.41. The van der Waals surface area contributed by atoms with Crippen molar-refractivity contribution in [1.82, 2.24) is 0 Å². The fourth-order valence-electron chi connectivity index (χ4n) is 0.597. The summed E-state index contributed by atoms with van der Waals surface area (Å²) in [5.74, 6) is 0.771. The van der Waals surface area contributed by atoms with Gasteiger partial charge in [-0.3, -0.25) is 0 Å². The highest BCUT2D eigenvalue weighted by Gasteiger charge is 1.96. The third-order valence-electron chi connectivity index (χ3n) is 1.09. The van der Waals surface area contributed by atoms with Crippen molar-refractivity contribution >= 4 is 15.9 Å². The molecule has 0 aliphatic rings. The Morgan fingerprint density at radius 1 is 1.50 bits per heavy atom. The molecule has 66 valence electrons. The van der Waals surface area contributed by atoms with Crippen LogP contribution in [0.1, 0.15) is 6.92 Å². The van der Waals surface area contributed by atoms with E-state index >= 15 is 0 Å². The van der Waals surface area contributed by atoms with E-state index in [-0.39, 0.29) is 0 Å². The maximum absolute atomic E-state index is 5.34. The summed E-state index contributed by atoms with van der Waals surface area (Å²) in [6.07, 6.45) is 7.17. The van der Waals surface area contributed by atoms with Gasteiger partial charge in [-0.1, -0.05) is 31.4 Å². The zero-order valence-corrected chi connectivity index (χ0v) is 8.80. The number of hydrogen-bond acceptors (Lipinski definition) is 1. The van der Waals surface area contributed by atoms with E-state index in [1.54, 1.807) is 12.2 Å². The third-order valence-corrected chi connectivity index (χ3v) is 1.80. The fourth-order valence-corrected chi connectivity index (χ4v) is 0.844. The topological polar surface area (TPSA) is 9.23 Å². The van der Waals surface area contributed by atoms with Gasteiger partial charge in [0, 0.05) is 0 Å². The molecule has 2 heteroatoms. The van der Waals surface area contributed by atoms with Gasteiger partial charge in [0.15, 0.2) is 0 Å². The van der Waals surface area contributed by atoms with E-state index in [4.69, 9.17) is 4.74 Å². The van der Waals surface area contributed by atoms with Gasteiger partial charge in [-0.25, -0.2) is 0 Å². The first kappa shape index (κ1) is 11.2. The van der Waals surface area contributed by atoms with E-state index in [0.29, 0.717) is 6.61 Å². The summed E-state index contributed by atoms with van der Waals surface area (Å²) in [7, 11) is 0. The van der Waals surface area contributed by atoms with Crippen LogP contribution in [-0.2, 0) is 4.74 Å². The molecule has 0 unspecified atom stereocenters. The first-order valence-corrected chi connectivity index (χ1v) is 4.44. The second kappa shape index (κ2) is 6.92. The number of hydrogen-bond donors (Lipinski definition) is 0. The zero-order chi connectivity index (χ0) is 9.40. The van der Waals surface area contributed by atoms with Crippen LogP contribution in [0.5, 0.6) is 0 Å². The Hall–Kier alpha value is -0.760. The highest BCUT2D eigenvalue weighted by molar-refractivity contribution is 9.11. The summed E-state index contributed by atoms with van der Waals surface area (Å²) in [6.45, 7) is 9.63. The van der Waals surface area contributed by atoms with Crippen LogP contribution in [0.25, 0.3) is 0 Å². The first-order valence-electron chi connectivity index (χ1n) is 3.64. The standard InChI is InChI=1S/C10H13BrO/c1-4-7-10(9(11)6-3)12-8-5-2/h4-7H,2-3,8H2,1H3/b7-4-,10-9-. The quantitative estimate of drug-likeness (QED) is 0.398. The molecular formula is C10H13BrO. The summed E-state index contributed by atoms with van der Waals surface area (Å²) in [5, 5.41) is 0. The van der Waals surface area contributed by atoms with Crippen molar-refractivity contribution in [2.45, 2.75) is 6.92 Å². The lowest BCUT2D eigenvalue weighted by atomic mass is 10.4. The average molecular weight is 229 g/mol. The van der Waals surface area contributed by atoms with E-state index < -0.39 is 0 Å². The minimum Gasteiger partial charge on any atom is -0.488 e. The molecule has 0 bridgehead atoms. The van der Waals surface area contributed by atoms with Gasteiger partial charge in [0.1, 0.15) is 12.4 Å². The number of allylic oxidation sites excluding steroid dienone is 4. The summed E-state index contributed by atoms with van der Waals surface area (Å²) >= 11 is 3.33. The fraction of sp³-hybridized carbons (Fsp3) is 0.200. The van der Waals surface area contributed by atoms with E-state index in [0.717, 1.165) is 10.2 Å². The highest BCUT2D eigenvalue weighted by atomic mass is 79.9. The van der Waals surface area contributed by atoms with Crippen LogP contribution < -0.4 is 0 Å². The molecular weight excluding hydrogens is 216 g/mol. The van der Waals surface area contributed by atoms with Crippen LogP contribution in [0, 0.1) is 0 Å². The minimum atomic E-state index is 0.503. The molecule has 0 aromatic rings. The molecule has 0 N–H and O–H groups in total. The average Bonchev–Trinajstić information content (AvgIpc) is 2.11. The van der Waals surface area contributed by atoms with Crippen LogP contribution >= 0.6 is 15.9 Å². The lowest BCUT2D eigenvalue weighted by molar-refractivity contribution is 0.261. The van der Waals surface area contributed by atoms with Crippen molar-refractivity contribution in [2.24, 2.45) is 0 Å². The molecule has 0 atom stereocenters. The lowest BCUT2D eigenvalue weighted by Gasteiger charge is -2.04. The molecule has 0 aliphatic carbocycles. The second-order valence-electron chi connectivity index (χ2n) is 2.02. The van der Waals surface area contributed by atoms with Gasteiger partial charge in [-0.05, 0) is 28.9 Å². The molecule has 0 aliphatic heterocycles. The number of rotatable bonds is 5. The maximum atomic E-state index is 5.34. The molecule has 0 rings (SSSR count). The minimum absolute atomic E-state index is 0.503. The molecule has 0 fully saturated rings. The van der Waals surface area contributed by atoms with Crippen molar-refractivity contribution in [3.63, 3.8) is 0 Å². The molecule has 0 spiro atoms. The predicted octanol–water partition coefficient (Wildman–Crippen LogP) is 3.56. The summed E-state index contributed by atoms with van der Waals surface area (Å²) in [5.41, 5.74) is 0. The van der Waals surface area contributed by atoms with Crippen molar-refractivity contribution in [3.05, 3.63) is 47.7 Å². The normalized spacial score (nSPS) is 12.5.